The molecular weight excluding hydrogens is 308 g/mol. The molecule has 0 unspecified atom stereocenters. The maximum Gasteiger partial charge on any atom is 0.492 e. The Morgan fingerprint density at radius 1 is 1.17 bits per heavy atom. The lowest BCUT2D eigenvalue weighted by Crippen LogP contribution is -2.41. The first-order chi connectivity index (χ1) is 10.5. The van der Waals surface area contributed by atoms with Gasteiger partial charge in [-0.15, -0.1) is 0 Å². The Kier molecular flexibility index (Phi) is 4.68. The summed E-state index contributed by atoms with van der Waals surface area (Å²) in [5.41, 5.74) is -1.20. The number of alkyl halides is 3. The Balaban J connectivity index is 2.31. The van der Waals surface area contributed by atoms with Crippen LogP contribution in [-0.2, 0) is 15.5 Å². The third-order valence-electron chi connectivity index (χ3n) is 4.30. The normalized spacial score (nSPS) is 20.9. The SMILES string of the molecule is CC1(C)OB(C(=Cc2cccc(C(F)(F)F)c2)CO)OC1(C)C. The lowest BCUT2D eigenvalue weighted by atomic mass is 9.77. The highest BCUT2D eigenvalue weighted by Gasteiger charge is 2.52. The van der Waals surface area contributed by atoms with Gasteiger partial charge in [0.15, 0.2) is 0 Å². The molecule has 0 spiro atoms. The zero-order valence-corrected chi connectivity index (χ0v) is 13.6. The second-order valence-corrected chi connectivity index (χ2v) is 6.59. The molecule has 1 fully saturated rings. The van der Waals surface area contributed by atoms with Crippen LogP contribution >= 0.6 is 0 Å². The molecule has 0 aliphatic carbocycles. The van der Waals surface area contributed by atoms with Crippen LogP contribution in [0.4, 0.5) is 13.2 Å². The van der Waals surface area contributed by atoms with Crippen molar-refractivity contribution in [1.82, 2.24) is 0 Å². The molecular formula is C16H20BF3O3. The van der Waals surface area contributed by atoms with Crippen LogP contribution in [0.15, 0.2) is 29.7 Å². The third-order valence-corrected chi connectivity index (χ3v) is 4.30. The van der Waals surface area contributed by atoms with Crippen molar-refractivity contribution in [3.05, 3.63) is 40.9 Å². The van der Waals surface area contributed by atoms with Crippen LogP contribution in [0.1, 0.15) is 38.8 Å². The lowest BCUT2D eigenvalue weighted by molar-refractivity contribution is -0.137. The zero-order chi connectivity index (χ0) is 17.5. The topological polar surface area (TPSA) is 38.7 Å². The molecule has 0 saturated carbocycles. The van der Waals surface area contributed by atoms with Gasteiger partial charge in [0.1, 0.15) is 0 Å². The fraction of sp³-hybridized carbons (Fsp3) is 0.500. The van der Waals surface area contributed by atoms with Gasteiger partial charge in [0.05, 0.1) is 23.4 Å². The fourth-order valence-electron chi connectivity index (χ4n) is 2.20. The van der Waals surface area contributed by atoms with Crippen LogP contribution in [-0.4, -0.2) is 30.0 Å². The highest BCUT2D eigenvalue weighted by Crippen LogP contribution is 2.39. The second-order valence-electron chi connectivity index (χ2n) is 6.59. The minimum absolute atomic E-state index is 0.332. The molecule has 0 aromatic heterocycles. The monoisotopic (exact) mass is 328 g/mol. The molecule has 1 aliphatic rings. The van der Waals surface area contributed by atoms with E-state index in [1.807, 2.05) is 27.7 Å². The van der Waals surface area contributed by atoms with E-state index in [0.717, 1.165) is 12.1 Å². The molecule has 0 bridgehead atoms. The Hall–Kier alpha value is -1.31. The zero-order valence-electron chi connectivity index (χ0n) is 13.6. The molecule has 1 aliphatic heterocycles. The van der Waals surface area contributed by atoms with Gasteiger partial charge < -0.3 is 14.4 Å². The standard InChI is InChI=1S/C16H20BF3O3/c1-14(2)15(3,4)23-17(22-14)13(10-21)9-11-6-5-7-12(8-11)16(18,19)20/h5-9,21H,10H2,1-4H3. The third kappa shape index (κ3) is 3.79. The van der Waals surface area contributed by atoms with Gasteiger partial charge in [-0.05, 0) is 50.9 Å². The quantitative estimate of drug-likeness (QED) is 0.860. The van der Waals surface area contributed by atoms with Crippen molar-refractivity contribution in [2.45, 2.75) is 45.1 Å². The van der Waals surface area contributed by atoms with Crippen molar-refractivity contribution < 1.29 is 27.6 Å². The van der Waals surface area contributed by atoms with Crippen molar-refractivity contribution in [1.29, 1.82) is 0 Å². The number of hydrogen-bond acceptors (Lipinski definition) is 3. The number of aliphatic hydroxyl groups excluding tert-OH is 1. The van der Waals surface area contributed by atoms with E-state index in [-0.39, 0.29) is 6.61 Å². The summed E-state index contributed by atoms with van der Waals surface area (Å²) >= 11 is 0. The summed E-state index contributed by atoms with van der Waals surface area (Å²) in [4.78, 5) is 0. The first-order valence-electron chi connectivity index (χ1n) is 7.30. The summed E-state index contributed by atoms with van der Waals surface area (Å²) in [6, 6.07) is 4.90. The molecule has 0 atom stereocenters. The molecule has 1 aromatic carbocycles. The van der Waals surface area contributed by atoms with Crippen LogP contribution in [0.2, 0.25) is 0 Å². The number of hydrogen-bond donors (Lipinski definition) is 1. The van der Waals surface area contributed by atoms with E-state index >= 15 is 0 Å². The summed E-state index contributed by atoms with van der Waals surface area (Å²) in [5.74, 6) is 0. The highest BCUT2D eigenvalue weighted by molar-refractivity contribution is 6.55. The van der Waals surface area contributed by atoms with Crippen LogP contribution in [0, 0.1) is 0 Å². The van der Waals surface area contributed by atoms with E-state index in [9.17, 15) is 18.3 Å². The van der Waals surface area contributed by atoms with E-state index in [1.165, 1.54) is 18.2 Å². The van der Waals surface area contributed by atoms with Crippen molar-refractivity contribution in [3.63, 3.8) is 0 Å². The minimum Gasteiger partial charge on any atom is -0.400 e. The van der Waals surface area contributed by atoms with Crippen LogP contribution in [0.5, 0.6) is 0 Å². The van der Waals surface area contributed by atoms with Gasteiger partial charge in [-0.25, -0.2) is 0 Å². The van der Waals surface area contributed by atoms with Gasteiger partial charge in [0.25, 0.3) is 0 Å². The molecule has 1 aromatic rings. The summed E-state index contributed by atoms with van der Waals surface area (Å²) in [6.45, 7) is 7.10. The second kappa shape index (κ2) is 5.96. The van der Waals surface area contributed by atoms with E-state index in [4.69, 9.17) is 9.31 Å². The Labute approximate surface area is 134 Å². The average molecular weight is 328 g/mol. The van der Waals surface area contributed by atoms with Gasteiger partial charge in [-0.1, -0.05) is 18.2 Å². The van der Waals surface area contributed by atoms with Crippen LogP contribution in [0.25, 0.3) is 6.08 Å². The van der Waals surface area contributed by atoms with Crippen molar-refractivity contribution in [3.8, 4) is 0 Å². The van der Waals surface area contributed by atoms with Crippen molar-refractivity contribution >= 4 is 13.2 Å². The molecule has 7 heteroatoms. The van der Waals surface area contributed by atoms with Gasteiger partial charge in [-0.2, -0.15) is 13.2 Å². The van der Waals surface area contributed by atoms with E-state index in [2.05, 4.69) is 0 Å². The number of aliphatic hydroxyl groups is 1. The summed E-state index contributed by atoms with van der Waals surface area (Å²) < 4.78 is 49.9. The molecule has 0 radical (unpaired) electrons. The first kappa shape index (κ1) is 18.0. The number of rotatable bonds is 3. The molecule has 0 amide bonds. The van der Waals surface area contributed by atoms with Gasteiger partial charge in [0.2, 0.25) is 0 Å². The molecule has 2 rings (SSSR count). The predicted molar refractivity (Wildman–Crippen MR) is 82.6 cm³/mol. The van der Waals surface area contributed by atoms with Crippen molar-refractivity contribution in [2.75, 3.05) is 6.61 Å². The van der Waals surface area contributed by atoms with Gasteiger partial charge in [0, 0.05) is 0 Å². The number of halogens is 3. The maximum atomic E-state index is 12.8. The minimum atomic E-state index is -4.41. The van der Waals surface area contributed by atoms with Gasteiger partial charge in [-0.3, -0.25) is 0 Å². The molecule has 3 nitrogen and oxygen atoms in total. The first-order valence-corrected chi connectivity index (χ1v) is 7.30. The Morgan fingerprint density at radius 2 is 1.74 bits per heavy atom. The Bertz CT molecular complexity index is 593. The largest absolute Gasteiger partial charge is 0.492 e. The summed E-state index contributed by atoms with van der Waals surface area (Å²) in [5, 5.41) is 9.57. The summed E-state index contributed by atoms with van der Waals surface area (Å²) in [7, 11) is -0.792. The van der Waals surface area contributed by atoms with Crippen LogP contribution in [0.3, 0.4) is 0 Å². The highest BCUT2D eigenvalue weighted by atomic mass is 19.4. The van der Waals surface area contributed by atoms with E-state index in [1.54, 1.807) is 0 Å². The van der Waals surface area contributed by atoms with E-state index in [0.29, 0.717) is 11.0 Å². The van der Waals surface area contributed by atoms with Crippen LogP contribution < -0.4 is 0 Å². The predicted octanol–water partition coefficient (Wildman–Crippen LogP) is 3.71. The molecule has 23 heavy (non-hydrogen) atoms. The average Bonchev–Trinajstić information content (AvgIpc) is 2.64. The van der Waals surface area contributed by atoms with Crippen molar-refractivity contribution in [2.24, 2.45) is 0 Å². The van der Waals surface area contributed by atoms with Gasteiger partial charge >= 0.3 is 13.3 Å². The smallest absolute Gasteiger partial charge is 0.400 e. The number of benzene rings is 1. The fourth-order valence-corrected chi connectivity index (χ4v) is 2.20. The van der Waals surface area contributed by atoms with E-state index < -0.39 is 30.1 Å². The molecule has 1 N–H and O–H groups in total. The lowest BCUT2D eigenvalue weighted by Gasteiger charge is -2.32. The molecule has 1 heterocycles. The Morgan fingerprint density at radius 3 is 2.22 bits per heavy atom. The maximum absolute atomic E-state index is 12.8. The summed E-state index contributed by atoms with van der Waals surface area (Å²) in [6.07, 6.45) is -2.94. The molecule has 1 saturated heterocycles. The molecule has 126 valence electrons.